The first kappa shape index (κ1) is 14.9. The number of rotatable bonds is 3. The Morgan fingerprint density at radius 1 is 1.41 bits per heavy atom. The fourth-order valence-corrected chi connectivity index (χ4v) is 3.43. The maximum atomic E-state index is 13.8. The topological polar surface area (TPSA) is 55.6 Å². The summed E-state index contributed by atoms with van der Waals surface area (Å²) in [4.78, 5) is 12.4. The Balaban J connectivity index is 1.94. The average molecular weight is 322 g/mol. The van der Waals surface area contributed by atoms with E-state index in [0.29, 0.717) is 18.8 Å². The van der Waals surface area contributed by atoms with Crippen molar-refractivity contribution in [2.24, 2.45) is 0 Å². The molecular formula is C15H15FN2O3S. The van der Waals surface area contributed by atoms with Crippen molar-refractivity contribution in [2.75, 3.05) is 18.0 Å². The van der Waals surface area contributed by atoms with Crippen LogP contribution in [0.15, 0.2) is 35.0 Å². The van der Waals surface area contributed by atoms with Crippen LogP contribution in [0.2, 0.25) is 0 Å². The third-order valence-corrected chi connectivity index (χ3v) is 4.37. The van der Waals surface area contributed by atoms with Crippen molar-refractivity contribution in [1.29, 1.82) is 0 Å². The van der Waals surface area contributed by atoms with Crippen molar-refractivity contribution >= 4 is 22.7 Å². The Labute approximate surface area is 131 Å². The lowest BCUT2D eigenvalue weighted by molar-refractivity contribution is -0.386. The Morgan fingerprint density at radius 3 is 2.91 bits per heavy atom. The molecule has 0 radical (unpaired) electrons. The highest BCUT2D eigenvalue weighted by Crippen LogP contribution is 2.35. The minimum Gasteiger partial charge on any atom is -0.367 e. The molecule has 1 aromatic carbocycles. The molecule has 0 spiro atoms. The number of benzene rings is 1. The van der Waals surface area contributed by atoms with Gasteiger partial charge in [-0.3, -0.25) is 10.1 Å². The van der Waals surface area contributed by atoms with E-state index < -0.39 is 16.4 Å². The van der Waals surface area contributed by atoms with Gasteiger partial charge in [0.1, 0.15) is 11.8 Å². The van der Waals surface area contributed by atoms with Crippen molar-refractivity contribution in [3.8, 4) is 0 Å². The molecule has 1 aliphatic heterocycles. The van der Waals surface area contributed by atoms with E-state index >= 15 is 0 Å². The molecule has 1 fully saturated rings. The smallest absolute Gasteiger partial charge is 0.327 e. The number of nitro groups is 1. The molecule has 0 aliphatic carbocycles. The summed E-state index contributed by atoms with van der Waals surface area (Å²) < 4.78 is 19.7. The third kappa shape index (κ3) is 2.82. The summed E-state index contributed by atoms with van der Waals surface area (Å²) in [6.45, 7) is 2.87. The quantitative estimate of drug-likeness (QED) is 0.638. The number of morpholine rings is 1. The zero-order valence-corrected chi connectivity index (χ0v) is 12.8. The van der Waals surface area contributed by atoms with Crippen LogP contribution >= 0.6 is 11.3 Å². The van der Waals surface area contributed by atoms with E-state index in [-0.39, 0.29) is 12.2 Å². The summed E-state index contributed by atoms with van der Waals surface area (Å²) >= 11 is 1.58. The number of thiophene rings is 1. The van der Waals surface area contributed by atoms with Crippen LogP contribution in [0, 0.1) is 15.9 Å². The fourth-order valence-electron chi connectivity index (χ4n) is 2.73. The van der Waals surface area contributed by atoms with Crippen molar-refractivity contribution in [1.82, 2.24) is 0 Å². The average Bonchev–Trinajstić information content (AvgIpc) is 3.00. The molecule has 7 heteroatoms. The van der Waals surface area contributed by atoms with E-state index in [1.54, 1.807) is 17.4 Å². The number of nitro benzene ring substituents is 1. The molecule has 2 aromatic rings. The second kappa shape index (κ2) is 6.02. The van der Waals surface area contributed by atoms with E-state index in [9.17, 15) is 14.5 Å². The maximum absolute atomic E-state index is 13.8. The second-order valence-electron chi connectivity index (χ2n) is 5.26. The van der Waals surface area contributed by atoms with Gasteiger partial charge in [0.2, 0.25) is 5.82 Å². The molecule has 3 rings (SSSR count). The van der Waals surface area contributed by atoms with Gasteiger partial charge in [-0.1, -0.05) is 6.07 Å². The summed E-state index contributed by atoms with van der Waals surface area (Å²) in [6.07, 6.45) is -0.264. The SMILES string of the molecule is CC1CN(c2cccc(F)c2[N+](=O)[O-])CC(c2ccsc2)O1. The zero-order chi connectivity index (χ0) is 15.7. The molecule has 22 heavy (non-hydrogen) atoms. The number of hydrogen-bond acceptors (Lipinski definition) is 5. The van der Waals surface area contributed by atoms with Crippen LogP contribution in [0.25, 0.3) is 0 Å². The van der Waals surface area contributed by atoms with Gasteiger partial charge in [-0.15, -0.1) is 0 Å². The van der Waals surface area contributed by atoms with Gasteiger partial charge in [-0.25, -0.2) is 0 Å². The molecule has 0 saturated carbocycles. The minimum absolute atomic E-state index is 0.0958. The van der Waals surface area contributed by atoms with Gasteiger partial charge in [0.05, 0.1) is 11.0 Å². The molecule has 0 bridgehead atoms. The minimum atomic E-state index is -0.811. The van der Waals surface area contributed by atoms with E-state index in [2.05, 4.69) is 0 Å². The number of para-hydroxylation sites is 1. The third-order valence-electron chi connectivity index (χ3n) is 3.66. The summed E-state index contributed by atoms with van der Waals surface area (Å²) in [6, 6.07) is 6.18. The van der Waals surface area contributed by atoms with Crippen molar-refractivity contribution in [3.63, 3.8) is 0 Å². The largest absolute Gasteiger partial charge is 0.367 e. The monoisotopic (exact) mass is 322 g/mol. The first-order valence-corrected chi connectivity index (χ1v) is 7.86. The molecule has 1 aliphatic rings. The predicted molar refractivity (Wildman–Crippen MR) is 82.9 cm³/mol. The van der Waals surface area contributed by atoms with Crippen molar-refractivity contribution in [2.45, 2.75) is 19.1 Å². The van der Waals surface area contributed by atoms with Crippen molar-refractivity contribution < 1.29 is 14.1 Å². The number of ether oxygens (including phenoxy) is 1. The molecule has 2 atom stereocenters. The predicted octanol–water partition coefficient (Wildman–Crippen LogP) is 3.76. The molecule has 2 unspecified atom stereocenters. The molecule has 5 nitrogen and oxygen atoms in total. The van der Waals surface area contributed by atoms with Gasteiger partial charge in [0.25, 0.3) is 0 Å². The highest BCUT2D eigenvalue weighted by Gasteiger charge is 2.31. The van der Waals surface area contributed by atoms with E-state index in [4.69, 9.17) is 4.74 Å². The van der Waals surface area contributed by atoms with Crippen LogP contribution in [0.5, 0.6) is 0 Å². The molecular weight excluding hydrogens is 307 g/mol. The molecule has 116 valence electrons. The number of hydrogen-bond donors (Lipinski definition) is 0. The van der Waals surface area contributed by atoms with Gasteiger partial charge >= 0.3 is 5.69 Å². The van der Waals surface area contributed by atoms with Crippen LogP contribution in [0.4, 0.5) is 15.8 Å². The number of nitrogens with zero attached hydrogens (tertiary/aromatic N) is 2. The zero-order valence-electron chi connectivity index (χ0n) is 11.9. The molecule has 0 amide bonds. The van der Waals surface area contributed by atoms with E-state index in [0.717, 1.165) is 11.6 Å². The van der Waals surface area contributed by atoms with E-state index in [1.807, 2.05) is 28.7 Å². The highest BCUT2D eigenvalue weighted by atomic mass is 32.1. The number of halogens is 1. The Bertz CT molecular complexity index is 677. The first-order chi connectivity index (χ1) is 10.6. The van der Waals surface area contributed by atoms with Gasteiger partial charge in [-0.2, -0.15) is 15.7 Å². The fraction of sp³-hybridized carbons (Fsp3) is 0.333. The maximum Gasteiger partial charge on any atom is 0.327 e. The van der Waals surface area contributed by atoms with Crippen LogP contribution in [-0.4, -0.2) is 24.1 Å². The summed E-state index contributed by atoms with van der Waals surface area (Å²) in [7, 11) is 0. The normalized spacial score (nSPS) is 21.8. The first-order valence-electron chi connectivity index (χ1n) is 6.91. The van der Waals surface area contributed by atoms with Gasteiger partial charge in [-0.05, 0) is 41.4 Å². The Morgan fingerprint density at radius 2 is 2.23 bits per heavy atom. The van der Waals surface area contributed by atoms with Crippen LogP contribution in [0.1, 0.15) is 18.6 Å². The molecule has 1 aromatic heterocycles. The van der Waals surface area contributed by atoms with Crippen molar-refractivity contribution in [3.05, 3.63) is 56.5 Å². The number of anilines is 1. The van der Waals surface area contributed by atoms with E-state index in [1.165, 1.54) is 6.07 Å². The standard InChI is InChI=1S/C15H15FN2O3S/c1-10-7-17(8-14(21-10)11-5-6-22-9-11)13-4-2-3-12(16)15(13)18(19)20/h2-6,9-10,14H,7-8H2,1H3. The summed E-state index contributed by atoms with van der Waals surface area (Å²) in [5.41, 5.74) is 0.877. The lowest BCUT2D eigenvalue weighted by atomic mass is 10.1. The summed E-state index contributed by atoms with van der Waals surface area (Å²) in [5, 5.41) is 15.2. The molecule has 0 N–H and O–H groups in total. The Kier molecular flexibility index (Phi) is 4.08. The summed E-state index contributed by atoms with van der Waals surface area (Å²) in [5.74, 6) is -0.811. The van der Waals surface area contributed by atoms with Crippen LogP contribution in [0.3, 0.4) is 0 Å². The van der Waals surface area contributed by atoms with Gasteiger partial charge in [0, 0.05) is 13.1 Å². The van der Waals surface area contributed by atoms with Crippen LogP contribution in [-0.2, 0) is 4.74 Å². The highest BCUT2D eigenvalue weighted by molar-refractivity contribution is 7.07. The van der Waals surface area contributed by atoms with Crippen LogP contribution < -0.4 is 4.90 Å². The molecule has 2 heterocycles. The van der Waals surface area contributed by atoms with Gasteiger partial charge in [0.15, 0.2) is 0 Å². The second-order valence-corrected chi connectivity index (χ2v) is 6.04. The Hall–Kier alpha value is -1.99. The lowest BCUT2D eigenvalue weighted by Crippen LogP contribution is -2.43. The molecule has 1 saturated heterocycles. The van der Waals surface area contributed by atoms with Gasteiger partial charge < -0.3 is 9.64 Å². The lowest BCUT2D eigenvalue weighted by Gasteiger charge is -2.37.